The van der Waals surface area contributed by atoms with Crippen molar-refractivity contribution in [3.05, 3.63) is 48.0 Å². The third-order valence-electron chi connectivity index (χ3n) is 3.61. The van der Waals surface area contributed by atoms with Crippen LogP contribution in [0.3, 0.4) is 0 Å². The van der Waals surface area contributed by atoms with Gasteiger partial charge in [-0.15, -0.1) is 0 Å². The summed E-state index contributed by atoms with van der Waals surface area (Å²) < 4.78 is 38.3. The van der Waals surface area contributed by atoms with Gasteiger partial charge in [0.1, 0.15) is 18.1 Å². The van der Waals surface area contributed by atoms with Gasteiger partial charge in [-0.25, -0.2) is 13.1 Å². The summed E-state index contributed by atoms with van der Waals surface area (Å²) in [5, 5.41) is 2.61. The van der Waals surface area contributed by atoms with E-state index in [1.54, 1.807) is 25.1 Å². The topological polar surface area (TPSA) is 93.7 Å². The molecule has 0 radical (unpaired) electrons. The lowest BCUT2D eigenvalue weighted by Gasteiger charge is -2.20. The van der Waals surface area contributed by atoms with Crippen LogP contribution in [0.15, 0.2) is 47.4 Å². The Morgan fingerprint density at radius 1 is 1.24 bits per heavy atom. The molecule has 0 bridgehead atoms. The Bertz CT molecular complexity index is 881. The number of amides is 1. The molecule has 1 aliphatic heterocycles. The number of anilines is 1. The normalized spacial score (nSPS) is 13.6. The predicted molar refractivity (Wildman–Crippen MR) is 92.4 cm³/mol. The van der Waals surface area contributed by atoms with Gasteiger partial charge >= 0.3 is 0 Å². The minimum absolute atomic E-state index is 0.0758. The van der Waals surface area contributed by atoms with Crippen LogP contribution in [0.1, 0.15) is 5.56 Å². The van der Waals surface area contributed by atoms with E-state index in [0.29, 0.717) is 22.7 Å². The minimum atomic E-state index is -3.73. The molecule has 0 fully saturated rings. The Kier molecular flexibility index (Phi) is 4.91. The average molecular weight is 362 g/mol. The lowest BCUT2D eigenvalue weighted by Crippen LogP contribution is -2.30. The third-order valence-corrected chi connectivity index (χ3v) is 5.21. The van der Waals surface area contributed by atoms with Gasteiger partial charge in [-0.1, -0.05) is 18.2 Å². The molecular formula is C17H18N2O5S. The lowest BCUT2D eigenvalue weighted by molar-refractivity contribution is -0.118. The summed E-state index contributed by atoms with van der Waals surface area (Å²) in [6, 6.07) is 12.1. The Morgan fingerprint density at radius 2 is 2.00 bits per heavy atom. The van der Waals surface area contributed by atoms with E-state index >= 15 is 0 Å². The molecule has 0 spiro atoms. The second kappa shape index (κ2) is 7.12. The number of ether oxygens (including phenoxy) is 2. The summed E-state index contributed by atoms with van der Waals surface area (Å²) in [4.78, 5) is 11.5. The number of benzene rings is 2. The van der Waals surface area contributed by atoms with Crippen molar-refractivity contribution in [2.75, 3.05) is 25.1 Å². The summed E-state index contributed by atoms with van der Waals surface area (Å²) in [6.07, 6.45) is 0. The number of nitrogens with one attached hydrogen (secondary N) is 2. The summed E-state index contributed by atoms with van der Waals surface area (Å²) in [7, 11) is -3.73. The summed E-state index contributed by atoms with van der Waals surface area (Å²) in [5.41, 5.74) is 0.883. The van der Waals surface area contributed by atoms with E-state index in [-0.39, 0.29) is 30.6 Å². The van der Waals surface area contributed by atoms with Gasteiger partial charge in [-0.05, 0) is 36.8 Å². The van der Waals surface area contributed by atoms with Crippen molar-refractivity contribution < 1.29 is 22.7 Å². The number of hydrogen-bond donors (Lipinski definition) is 2. The summed E-state index contributed by atoms with van der Waals surface area (Å²) in [5.74, 6) is 0.818. The zero-order chi connectivity index (χ0) is 17.9. The molecule has 25 heavy (non-hydrogen) atoms. The summed E-state index contributed by atoms with van der Waals surface area (Å²) >= 11 is 0. The van der Waals surface area contributed by atoms with Crippen LogP contribution in [0.25, 0.3) is 0 Å². The van der Waals surface area contributed by atoms with Crippen LogP contribution in [-0.4, -0.2) is 34.1 Å². The molecule has 3 rings (SSSR count). The molecule has 0 unspecified atom stereocenters. The highest BCUT2D eigenvalue weighted by atomic mass is 32.2. The first-order valence-corrected chi connectivity index (χ1v) is 9.19. The van der Waals surface area contributed by atoms with Crippen molar-refractivity contribution >= 4 is 21.6 Å². The molecule has 132 valence electrons. The van der Waals surface area contributed by atoms with E-state index in [0.717, 1.165) is 0 Å². The number of rotatable bonds is 6. The molecule has 1 heterocycles. The molecule has 0 aromatic heterocycles. The third kappa shape index (κ3) is 4.09. The van der Waals surface area contributed by atoms with Crippen LogP contribution in [0.4, 0.5) is 5.69 Å². The molecule has 1 amide bonds. The number of fused-ring (bicyclic) bond motifs is 1. The van der Waals surface area contributed by atoms with Gasteiger partial charge in [-0.3, -0.25) is 4.79 Å². The number of sulfonamides is 1. The molecule has 1 aliphatic rings. The molecule has 0 atom stereocenters. The fourth-order valence-corrected chi connectivity index (χ4v) is 3.70. The van der Waals surface area contributed by atoms with Crippen LogP contribution >= 0.6 is 0 Å². The number of hydrogen-bond acceptors (Lipinski definition) is 5. The van der Waals surface area contributed by atoms with Crippen molar-refractivity contribution in [1.82, 2.24) is 4.72 Å². The Labute approximate surface area is 146 Å². The first kappa shape index (κ1) is 17.2. The van der Waals surface area contributed by atoms with Crippen molar-refractivity contribution in [3.63, 3.8) is 0 Å². The van der Waals surface area contributed by atoms with Gasteiger partial charge in [0.15, 0.2) is 6.61 Å². The molecule has 2 aromatic carbocycles. The Hall–Kier alpha value is -2.58. The largest absolute Gasteiger partial charge is 0.492 e. The monoisotopic (exact) mass is 362 g/mol. The maximum Gasteiger partial charge on any atom is 0.262 e. The van der Waals surface area contributed by atoms with E-state index in [4.69, 9.17) is 9.47 Å². The number of aryl methyl sites for hydroxylation is 1. The van der Waals surface area contributed by atoms with Gasteiger partial charge < -0.3 is 14.8 Å². The average Bonchev–Trinajstić information content (AvgIpc) is 2.59. The van der Waals surface area contributed by atoms with Crippen molar-refractivity contribution in [2.24, 2.45) is 0 Å². The minimum Gasteiger partial charge on any atom is -0.492 e. The highest BCUT2D eigenvalue weighted by Crippen LogP contribution is 2.32. The zero-order valence-electron chi connectivity index (χ0n) is 13.6. The van der Waals surface area contributed by atoms with E-state index < -0.39 is 10.0 Å². The maximum atomic E-state index is 12.5. The first-order valence-electron chi connectivity index (χ1n) is 7.70. The van der Waals surface area contributed by atoms with Crippen LogP contribution < -0.4 is 19.5 Å². The Balaban J connectivity index is 1.67. The second-order valence-corrected chi connectivity index (χ2v) is 7.25. The Morgan fingerprint density at radius 3 is 2.76 bits per heavy atom. The van der Waals surface area contributed by atoms with Gasteiger partial charge in [0.25, 0.3) is 5.91 Å². The number of carbonyl (C=O) groups excluding carboxylic acids is 1. The van der Waals surface area contributed by atoms with E-state index in [2.05, 4.69) is 10.0 Å². The van der Waals surface area contributed by atoms with Crippen molar-refractivity contribution in [3.8, 4) is 11.5 Å². The van der Waals surface area contributed by atoms with Crippen molar-refractivity contribution in [2.45, 2.75) is 11.8 Å². The molecule has 0 saturated carbocycles. The maximum absolute atomic E-state index is 12.5. The molecular weight excluding hydrogens is 344 g/mol. The van der Waals surface area contributed by atoms with E-state index in [9.17, 15) is 13.2 Å². The fourth-order valence-electron chi connectivity index (χ4n) is 2.44. The van der Waals surface area contributed by atoms with Crippen LogP contribution in [0, 0.1) is 6.92 Å². The first-order chi connectivity index (χ1) is 12.0. The molecule has 0 saturated heterocycles. The predicted octanol–water partition coefficient (Wildman–Crippen LogP) is 1.68. The van der Waals surface area contributed by atoms with Crippen LogP contribution in [0.2, 0.25) is 0 Å². The highest BCUT2D eigenvalue weighted by Gasteiger charge is 2.23. The van der Waals surface area contributed by atoms with Crippen LogP contribution in [-0.2, 0) is 14.8 Å². The molecule has 8 heteroatoms. The number of para-hydroxylation sites is 1. The highest BCUT2D eigenvalue weighted by molar-refractivity contribution is 7.89. The fraction of sp³-hybridized carbons (Fsp3) is 0.235. The van der Waals surface area contributed by atoms with Crippen LogP contribution in [0.5, 0.6) is 11.5 Å². The molecule has 7 nitrogen and oxygen atoms in total. The molecule has 2 aromatic rings. The number of carbonyl (C=O) groups is 1. The molecule has 0 aliphatic carbocycles. The van der Waals surface area contributed by atoms with Gasteiger partial charge in [0.2, 0.25) is 10.0 Å². The SMILES string of the molecule is Cc1cc2c(cc1S(=O)(=O)NCCOc1ccccc1)NC(=O)CO2. The van der Waals surface area contributed by atoms with Gasteiger partial charge in [0.05, 0.1) is 10.6 Å². The quantitative estimate of drug-likeness (QED) is 0.763. The lowest BCUT2D eigenvalue weighted by atomic mass is 10.2. The smallest absolute Gasteiger partial charge is 0.262 e. The second-order valence-electron chi connectivity index (χ2n) is 5.51. The van der Waals surface area contributed by atoms with E-state index in [1.807, 2.05) is 18.2 Å². The van der Waals surface area contributed by atoms with Crippen molar-refractivity contribution in [1.29, 1.82) is 0 Å². The zero-order valence-corrected chi connectivity index (χ0v) is 14.4. The van der Waals surface area contributed by atoms with E-state index in [1.165, 1.54) is 6.07 Å². The standard InChI is InChI=1S/C17H18N2O5S/c1-12-9-15-14(19-17(20)11-24-15)10-16(12)25(21,22)18-7-8-23-13-5-3-2-4-6-13/h2-6,9-10,18H,7-8,11H2,1H3,(H,19,20). The summed E-state index contributed by atoms with van der Waals surface area (Å²) in [6.45, 7) is 1.92. The van der Waals surface area contributed by atoms with Gasteiger partial charge in [0, 0.05) is 6.54 Å². The molecule has 2 N–H and O–H groups in total. The van der Waals surface area contributed by atoms with Gasteiger partial charge in [-0.2, -0.15) is 0 Å².